The molecular weight excluding hydrogens is 324 g/mol. The van der Waals surface area contributed by atoms with Crippen molar-refractivity contribution >= 4 is 12.2 Å². The Morgan fingerprint density at radius 3 is 1.27 bits per heavy atom. The van der Waals surface area contributed by atoms with Gasteiger partial charge in [0.15, 0.2) is 0 Å². The molecule has 0 bridgehead atoms. The molecular formula is C20H14N6. The zero-order valence-electron chi connectivity index (χ0n) is 13.8. The molecule has 6 nitrogen and oxygen atoms in total. The lowest BCUT2D eigenvalue weighted by atomic mass is 10.1. The molecule has 0 spiro atoms. The van der Waals surface area contributed by atoms with E-state index < -0.39 is 0 Å². The van der Waals surface area contributed by atoms with E-state index in [9.17, 15) is 0 Å². The fourth-order valence-corrected chi connectivity index (χ4v) is 2.51. The predicted molar refractivity (Wildman–Crippen MR) is 99.5 cm³/mol. The summed E-state index contributed by atoms with van der Waals surface area (Å²) in [5, 5.41) is 22.7. The van der Waals surface area contributed by atoms with Crippen molar-refractivity contribution in [1.82, 2.24) is 30.8 Å². The van der Waals surface area contributed by atoms with Gasteiger partial charge in [-0.2, -0.15) is 0 Å². The van der Waals surface area contributed by atoms with Gasteiger partial charge < -0.3 is 0 Å². The van der Waals surface area contributed by atoms with Gasteiger partial charge in [-0.3, -0.25) is 0 Å². The van der Waals surface area contributed by atoms with Gasteiger partial charge in [-0.1, -0.05) is 60.7 Å². The molecule has 0 atom stereocenters. The quantitative estimate of drug-likeness (QED) is 0.530. The summed E-state index contributed by atoms with van der Waals surface area (Å²) in [7, 11) is 0. The fourth-order valence-electron chi connectivity index (χ4n) is 2.51. The highest BCUT2D eigenvalue weighted by molar-refractivity contribution is 5.72. The summed E-state index contributed by atoms with van der Waals surface area (Å²) in [5.41, 5.74) is 5.87. The molecule has 0 aliphatic carbocycles. The first kappa shape index (κ1) is 15.7. The monoisotopic (exact) mass is 338 g/mol. The molecule has 0 radical (unpaired) electrons. The van der Waals surface area contributed by atoms with E-state index in [0.29, 0.717) is 0 Å². The maximum Gasteiger partial charge on any atom is 0.0963 e. The van der Waals surface area contributed by atoms with E-state index in [1.807, 2.05) is 36.4 Å². The van der Waals surface area contributed by atoms with Crippen LogP contribution in [0.15, 0.2) is 73.1 Å². The van der Waals surface area contributed by atoms with Crippen LogP contribution in [-0.4, -0.2) is 30.8 Å². The minimum absolute atomic E-state index is 0.810. The Hall–Kier alpha value is -3.80. The molecule has 124 valence electrons. The number of benzene rings is 2. The Kier molecular flexibility index (Phi) is 4.47. The van der Waals surface area contributed by atoms with Gasteiger partial charge in [-0.05, 0) is 33.7 Å². The molecule has 0 saturated carbocycles. The Bertz CT molecular complexity index is 913. The van der Waals surface area contributed by atoms with Crippen LogP contribution in [0.1, 0.15) is 11.1 Å². The summed E-state index contributed by atoms with van der Waals surface area (Å²) >= 11 is 0. The van der Waals surface area contributed by atoms with E-state index >= 15 is 0 Å². The molecule has 0 aliphatic rings. The summed E-state index contributed by atoms with van der Waals surface area (Å²) < 4.78 is 0. The van der Waals surface area contributed by atoms with Gasteiger partial charge in [-0.15, -0.1) is 20.4 Å². The predicted octanol–water partition coefficient (Wildman–Crippen LogP) is 3.56. The molecule has 6 heteroatoms. The van der Waals surface area contributed by atoms with Crippen molar-refractivity contribution in [3.63, 3.8) is 0 Å². The molecule has 0 N–H and O–H groups in total. The summed E-state index contributed by atoms with van der Waals surface area (Å²) in [5.74, 6) is 0. The highest BCUT2D eigenvalue weighted by Gasteiger charge is 2.00. The third-order valence-electron chi connectivity index (χ3n) is 3.89. The number of aromatic nitrogens is 6. The summed E-state index contributed by atoms with van der Waals surface area (Å²) in [6, 6.07) is 20.0. The summed E-state index contributed by atoms with van der Waals surface area (Å²) in [4.78, 5) is 0. The average molecular weight is 338 g/mol. The van der Waals surface area contributed by atoms with Gasteiger partial charge in [-0.25, -0.2) is 0 Å². The van der Waals surface area contributed by atoms with Crippen molar-refractivity contribution in [3.8, 4) is 22.5 Å². The van der Waals surface area contributed by atoms with Gasteiger partial charge in [0, 0.05) is 11.1 Å². The normalized spacial score (nSPS) is 10.9. The SMILES string of the molecule is C(=C\c1ccc(-c2ccnnn2)cc1)/c1ccc(-c2ccnnn2)cc1. The van der Waals surface area contributed by atoms with E-state index in [-0.39, 0.29) is 0 Å². The summed E-state index contributed by atoms with van der Waals surface area (Å²) in [6.07, 6.45) is 7.42. The van der Waals surface area contributed by atoms with Crippen LogP contribution in [-0.2, 0) is 0 Å². The molecule has 0 unspecified atom stereocenters. The van der Waals surface area contributed by atoms with Crippen molar-refractivity contribution < 1.29 is 0 Å². The van der Waals surface area contributed by atoms with Gasteiger partial charge in [0.25, 0.3) is 0 Å². The van der Waals surface area contributed by atoms with Gasteiger partial charge >= 0.3 is 0 Å². The number of nitrogens with zero attached hydrogens (tertiary/aromatic N) is 6. The minimum Gasteiger partial charge on any atom is -0.139 e. The number of hydrogen-bond acceptors (Lipinski definition) is 6. The first-order valence-corrected chi connectivity index (χ1v) is 8.06. The average Bonchev–Trinajstić information content (AvgIpc) is 2.74. The van der Waals surface area contributed by atoms with Crippen LogP contribution in [0.2, 0.25) is 0 Å². The Morgan fingerprint density at radius 1 is 0.500 bits per heavy atom. The van der Waals surface area contributed by atoms with Crippen LogP contribution in [0.25, 0.3) is 34.7 Å². The first-order chi connectivity index (χ1) is 12.9. The van der Waals surface area contributed by atoms with E-state index in [1.54, 1.807) is 12.4 Å². The van der Waals surface area contributed by atoms with E-state index in [4.69, 9.17) is 0 Å². The standard InChI is InChI=1S/C20H14N6/c1(15-3-7-17(8-4-15)19-11-13-21-25-23-19)2-16-5-9-18(10-6-16)20-12-14-22-26-24-20/h1-14H/b2-1+. The molecule has 2 aromatic carbocycles. The minimum atomic E-state index is 0.810. The lowest BCUT2D eigenvalue weighted by Crippen LogP contribution is -1.89. The van der Waals surface area contributed by atoms with Crippen molar-refractivity contribution in [2.24, 2.45) is 0 Å². The maximum absolute atomic E-state index is 4.01. The Balaban J connectivity index is 1.48. The molecule has 4 rings (SSSR count). The van der Waals surface area contributed by atoms with Crippen molar-refractivity contribution in [3.05, 3.63) is 84.2 Å². The highest BCUT2D eigenvalue weighted by atomic mass is 15.3. The van der Waals surface area contributed by atoms with Crippen molar-refractivity contribution in [1.29, 1.82) is 0 Å². The van der Waals surface area contributed by atoms with Crippen molar-refractivity contribution in [2.75, 3.05) is 0 Å². The molecule has 0 aliphatic heterocycles. The molecule has 2 heterocycles. The molecule has 2 aromatic heterocycles. The van der Waals surface area contributed by atoms with Crippen LogP contribution in [0.5, 0.6) is 0 Å². The topological polar surface area (TPSA) is 77.3 Å². The van der Waals surface area contributed by atoms with Gasteiger partial charge in [0.05, 0.1) is 23.8 Å². The van der Waals surface area contributed by atoms with E-state index in [2.05, 4.69) is 67.2 Å². The van der Waals surface area contributed by atoms with Gasteiger partial charge in [0.1, 0.15) is 0 Å². The Morgan fingerprint density at radius 2 is 0.923 bits per heavy atom. The second kappa shape index (κ2) is 7.40. The molecule has 4 aromatic rings. The molecule has 0 amide bonds. The van der Waals surface area contributed by atoms with E-state index in [1.165, 1.54) is 0 Å². The Labute approximate surface area is 150 Å². The highest BCUT2D eigenvalue weighted by Crippen LogP contribution is 2.19. The van der Waals surface area contributed by atoms with Crippen LogP contribution >= 0.6 is 0 Å². The summed E-state index contributed by atoms with van der Waals surface area (Å²) in [6.45, 7) is 0. The van der Waals surface area contributed by atoms with E-state index in [0.717, 1.165) is 33.6 Å². The molecule has 26 heavy (non-hydrogen) atoms. The zero-order chi connectivity index (χ0) is 17.6. The van der Waals surface area contributed by atoms with Crippen LogP contribution in [0, 0.1) is 0 Å². The van der Waals surface area contributed by atoms with Crippen LogP contribution in [0.4, 0.5) is 0 Å². The first-order valence-electron chi connectivity index (χ1n) is 8.06. The largest absolute Gasteiger partial charge is 0.139 e. The molecule has 0 saturated heterocycles. The number of rotatable bonds is 4. The number of hydrogen-bond donors (Lipinski definition) is 0. The lowest BCUT2D eigenvalue weighted by Gasteiger charge is -2.01. The maximum atomic E-state index is 4.01. The second-order valence-electron chi connectivity index (χ2n) is 5.59. The second-order valence-corrected chi connectivity index (χ2v) is 5.59. The van der Waals surface area contributed by atoms with Gasteiger partial charge in [0.2, 0.25) is 0 Å². The van der Waals surface area contributed by atoms with Crippen LogP contribution < -0.4 is 0 Å². The lowest BCUT2D eigenvalue weighted by molar-refractivity contribution is 0.870. The third kappa shape index (κ3) is 3.64. The molecule has 0 fully saturated rings. The fraction of sp³-hybridized carbons (Fsp3) is 0. The smallest absolute Gasteiger partial charge is 0.0963 e. The third-order valence-corrected chi connectivity index (χ3v) is 3.89. The van der Waals surface area contributed by atoms with Crippen LogP contribution in [0.3, 0.4) is 0 Å². The van der Waals surface area contributed by atoms with Crippen molar-refractivity contribution in [2.45, 2.75) is 0 Å². The zero-order valence-corrected chi connectivity index (χ0v) is 13.8.